The second-order valence-electron chi connectivity index (χ2n) is 4.00. The van der Waals surface area contributed by atoms with Gasteiger partial charge >= 0.3 is 11.5 Å². The Labute approximate surface area is 129 Å². The first-order valence-electron chi connectivity index (χ1n) is 5.92. The van der Waals surface area contributed by atoms with Gasteiger partial charge in [0.25, 0.3) is 5.91 Å². The maximum absolute atomic E-state index is 11.8. The van der Waals surface area contributed by atoms with Crippen LogP contribution < -0.4 is 10.9 Å². The predicted molar refractivity (Wildman–Crippen MR) is 77.4 cm³/mol. The molecule has 0 saturated carbocycles. The Balaban J connectivity index is 2.15. The summed E-state index contributed by atoms with van der Waals surface area (Å²) in [5.74, 6) is 1.98. The molecule has 0 unspecified atom stereocenters. The lowest BCUT2D eigenvalue weighted by Gasteiger charge is -2.01. The fourth-order valence-corrected chi connectivity index (χ4v) is 1.68. The van der Waals surface area contributed by atoms with Gasteiger partial charge in [-0.3, -0.25) is 14.9 Å². The zero-order valence-corrected chi connectivity index (χ0v) is 11.7. The highest BCUT2D eigenvalue weighted by Crippen LogP contribution is 2.17. The number of hydrogen-bond donors (Lipinski definition) is 2. The first-order chi connectivity index (χ1) is 10.5. The molecule has 2 aromatic rings. The first-order valence-corrected chi connectivity index (χ1v) is 6.30. The molecule has 0 aliphatic carbocycles. The van der Waals surface area contributed by atoms with Crippen molar-refractivity contribution in [3.63, 3.8) is 0 Å². The zero-order valence-electron chi connectivity index (χ0n) is 10.9. The molecule has 0 atom stereocenters. The van der Waals surface area contributed by atoms with Crippen molar-refractivity contribution < 1.29 is 19.1 Å². The third-order valence-electron chi connectivity index (χ3n) is 2.45. The molecule has 1 aromatic carbocycles. The van der Waals surface area contributed by atoms with Crippen molar-refractivity contribution in [2.45, 2.75) is 0 Å². The topological polar surface area (TPSA) is 96.6 Å². The van der Waals surface area contributed by atoms with E-state index in [-0.39, 0.29) is 5.22 Å². The summed E-state index contributed by atoms with van der Waals surface area (Å²) in [5.41, 5.74) is -1.30. The Hall–Kier alpha value is -3.04. The molecular formula is C15H8ClNO5. The van der Waals surface area contributed by atoms with Crippen molar-refractivity contribution in [3.05, 3.63) is 63.2 Å². The Morgan fingerprint density at radius 1 is 1.23 bits per heavy atom. The monoisotopic (exact) mass is 317 g/mol. The molecule has 22 heavy (non-hydrogen) atoms. The lowest BCUT2D eigenvalue weighted by Crippen LogP contribution is -2.32. The highest BCUT2D eigenvalue weighted by atomic mass is 35.5. The van der Waals surface area contributed by atoms with E-state index in [4.69, 9.17) is 11.6 Å². The van der Waals surface area contributed by atoms with E-state index in [2.05, 4.69) is 16.3 Å². The van der Waals surface area contributed by atoms with Gasteiger partial charge in [-0.15, -0.1) is 0 Å². The van der Waals surface area contributed by atoms with Gasteiger partial charge in [-0.25, -0.2) is 4.79 Å². The molecule has 0 aliphatic heterocycles. The van der Waals surface area contributed by atoms with Gasteiger partial charge in [-0.1, -0.05) is 24.1 Å². The highest BCUT2D eigenvalue weighted by Gasteiger charge is 2.20. The number of hydrogen-bond acceptors (Lipinski definition) is 5. The molecule has 7 heteroatoms. The van der Waals surface area contributed by atoms with E-state index in [1.54, 1.807) is 30.3 Å². The van der Waals surface area contributed by atoms with Gasteiger partial charge < -0.3 is 9.52 Å². The SMILES string of the molecule is O=C(C#Cc1ccccc1)NC(=O)c1c(O)cc(Cl)oc1=O. The van der Waals surface area contributed by atoms with Crippen LogP contribution in [0.2, 0.25) is 5.22 Å². The number of rotatable bonds is 1. The number of carbonyl (C=O) groups excluding carboxylic acids is 2. The minimum atomic E-state index is -1.16. The molecular weight excluding hydrogens is 310 g/mol. The average Bonchev–Trinajstić information content (AvgIpc) is 2.45. The van der Waals surface area contributed by atoms with Crippen LogP contribution >= 0.6 is 11.6 Å². The van der Waals surface area contributed by atoms with E-state index < -0.39 is 28.8 Å². The van der Waals surface area contributed by atoms with E-state index in [0.717, 1.165) is 6.07 Å². The Kier molecular flexibility index (Phi) is 4.61. The van der Waals surface area contributed by atoms with Crippen LogP contribution in [0, 0.1) is 11.8 Å². The summed E-state index contributed by atoms with van der Waals surface area (Å²) >= 11 is 5.40. The summed E-state index contributed by atoms with van der Waals surface area (Å²) in [6.45, 7) is 0. The zero-order chi connectivity index (χ0) is 16.1. The van der Waals surface area contributed by atoms with Gasteiger partial charge in [-0.2, -0.15) is 0 Å². The fourth-order valence-electron chi connectivity index (χ4n) is 1.51. The van der Waals surface area contributed by atoms with Gasteiger partial charge in [0.2, 0.25) is 5.22 Å². The number of halogens is 1. The molecule has 2 N–H and O–H groups in total. The minimum Gasteiger partial charge on any atom is -0.507 e. The molecule has 6 nitrogen and oxygen atoms in total. The summed E-state index contributed by atoms with van der Waals surface area (Å²) in [7, 11) is 0. The van der Waals surface area contributed by atoms with Crippen LogP contribution in [0.3, 0.4) is 0 Å². The van der Waals surface area contributed by atoms with Crippen LogP contribution in [0.1, 0.15) is 15.9 Å². The molecule has 1 aromatic heterocycles. The largest absolute Gasteiger partial charge is 0.507 e. The summed E-state index contributed by atoms with van der Waals surface area (Å²) in [6.07, 6.45) is 0. The Bertz CT molecular complexity index is 846. The second kappa shape index (κ2) is 6.61. The normalized spacial score (nSPS) is 9.50. The number of benzene rings is 1. The number of imide groups is 1. The molecule has 0 spiro atoms. The van der Waals surface area contributed by atoms with Crippen LogP contribution in [0.15, 0.2) is 45.6 Å². The van der Waals surface area contributed by atoms with Crippen molar-refractivity contribution in [1.29, 1.82) is 0 Å². The maximum Gasteiger partial charge on any atom is 0.353 e. The Morgan fingerprint density at radius 2 is 1.91 bits per heavy atom. The Morgan fingerprint density at radius 3 is 2.55 bits per heavy atom. The molecule has 2 rings (SSSR count). The molecule has 1 heterocycles. The van der Waals surface area contributed by atoms with Crippen molar-refractivity contribution in [2.24, 2.45) is 0 Å². The summed E-state index contributed by atoms with van der Waals surface area (Å²) < 4.78 is 4.46. The van der Waals surface area contributed by atoms with E-state index in [9.17, 15) is 19.5 Å². The minimum absolute atomic E-state index is 0.380. The van der Waals surface area contributed by atoms with Crippen LogP contribution in [0.25, 0.3) is 0 Å². The van der Waals surface area contributed by atoms with Crippen LogP contribution in [0.4, 0.5) is 0 Å². The lowest BCUT2D eigenvalue weighted by atomic mass is 10.2. The van der Waals surface area contributed by atoms with Crippen molar-refractivity contribution in [3.8, 4) is 17.6 Å². The summed E-state index contributed by atoms with van der Waals surface area (Å²) in [4.78, 5) is 34.7. The van der Waals surface area contributed by atoms with E-state index in [0.29, 0.717) is 5.56 Å². The maximum atomic E-state index is 11.8. The van der Waals surface area contributed by atoms with E-state index >= 15 is 0 Å². The van der Waals surface area contributed by atoms with Gasteiger partial charge in [0.15, 0.2) is 5.56 Å². The molecule has 0 bridgehead atoms. The molecule has 110 valence electrons. The van der Waals surface area contributed by atoms with Crippen LogP contribution in [-0.4, -0.2) is 16.9 Å². The van der Waals surface area contributed by atoms with Crippen molar-refractivity contribution in [2.75, 3.05) is 0 Å². The quantitative estimate of drug-likeness (QED) is 0.773. The number of nitrogens with one attached hydrogen (secondary N) is 1. The molecule has 0 saturated heterocycles. The van der Waals surface area contributed by atoms with Gasteiger partial charge in [0, 0.05) is 17.6 Å². The fraction of sp³-hybridized carbons (Fsp3) is 0. The molecule has 0 aliphatic rings. The standard InChI is InChI=1S/C15H8ClNO5/c16-11-8-10(18)13(15(21)22-11)14(20)17-12(19)7-6-9-4-2-1-3-5-9/h1-5,8,18H,(H,17,19,20). The molecule has 0 fully saturated rings. The lowest BCUT2D eigenvalue weighted by molar-refractivity contribution is -0.114. The number of aromatic hydroxyl groups is 1. The van der Waals surface area contributed by atoms with Crippen LogP contribution in [0.5, 0.6) is 5.75 Å². The average molecular weight is 318 g/mol. The van der Waals surface area contributed by atoms with Crippen molar-refractivity contribution >= 4 is 23.4 Å². The van der Waals surface area contributed by atoms with Crippen LogP contribution in [-0.2, 0) is 4.79 Å². The molecule has 2 amide bonds. The van der Waals surface area contributed by atoms with E-state index in [1.165, 1.54) is 0 Å². The highest BCUT2D eigenvalue weighted by molar-refractivity contribution is 6.29. The predicted octanol–water partition coefficient (Wildman–Crippen LogP) is 1.31. The molecule has 0 radical (unpaired) electrons. The number of carbonyl (C=O) groups is 2. The van der Waals surface area contributed by atoms with E-state index in [1.807, 2.05) is 5.32 Å². The van der Waals surface area contributed by atoms with Gasteiger partial charge in [0.05, 0.1) is 0 Å². The number of amides is 2. The smallest absolute Gasteiger partial charge is 0.353 e. The second-order valence-corrected chi connectivity index (χ2v) is 4.37. The van der Waals surface area contributed by atoms with Gasteiger partial charge in [0.1, 0.15) is 5.75 Å². The van der Waals surface area contributed by atoms with Gasteiger partial charge in [-0.05, 0) is 23.7 Å². The third kappa shape index (κ3) is 3.75. The van der Waals surface area contributed by atoms with Crippen molar-refractivity contribution in [1.82, 2.24) is 5.32 Å². The third-order valence-corrected chi connectivity index (χ3v) is 2.64. The first kappa shape index (κ1) is 15.4. The summed E-state index contributed by atoms with van der Waals surface area (Å²) in [5, 5.41) is 11.0. The summed E-state index contributed by atoms with van der Waals surface area (Å²) in [6, 6.07) is 9.51.